The molecule has 12 heteroatoms. The van der Waals surface area contributed by atoms with Crippen molar-refractivity contribution in [3.8, 4) is 0 Å². The van der Waals surface area contributed by atoms with Crippen molar-refractivity contribution >= 4 is 22.6 Å². The van der Waals surface area contributed by atoms with Crippen molar-refractivity contribution in [1.82, 2.24) is 19.9 Å². The van der Waals surface area contributed by atoms with Crippen LogP contribution in [0.15, 0.2) is 23.1 Å². The van der Waals surface area contributed by atoms with Crippen molar-refractivity contribution in [3.63, 3.8) is 0 Å². The summed E-state index contributed by atoms with van der Waals surface area (Å²) in [5.74, 6) is -1.44. The summed E-state index contributed by atoms with van der Waals surface area (Å²) in [4.78, 5) is 37.2. The van der Waals surface area contributed by atoms with Crippen molar-refractivity contribution < 1.29 is 27.1 Å². The van der Waals surface area contributed by atoms with Gasteiger partial charge in [0, 0.05) is 25.8 Å². The van der Waals surface area contributed by atoms with Gasteiger partial charge in [0.2, 0.25) is 0 Å². The minimum atomic E-state index is -4.73. The van der Waals surface area contributed by atoms with E-state index in [-0.39, 0.29) is 51.4 Å². The van der Waals surface area contributed by atoms with E-state index in [0.717, 1.165) is 12.1 Å². The summed E-state index contributed by atoms with van der Waals surface area (Å²) >= 11 is 0. The molecular weight excluding hydrogens is 482 g/mol. The molecule has 1 saturated heterocycles. The van der Waals surface area contributed by atoms with Crippen molar-refractivity contribution in [2.75, 3.05) is 18.4 Å². The lowest BCUT2D eigenvalue weighted by Crippen LogP contribution is -2.48. The number of aromatic nitrogens is 3. The van der Waals surface area contributed by atoms with Gasteiger partial charge in [-0.25, -0.2) is 14.4 Å². The van der Waals surface area contributed by atoms with Crippen LogP contribution in [0.2, 0.25) is 0 Å². The fraction of sp³-hybridized carbons (Fsp3) is 0.417. The summed E-state index contributed by atoms with van der Waals surface area (Å²) in [6.45, 7) is 6.76. The maximum absolute atomic E-state index is 14.8. The van der Waals surface area contributed by atoms with Crippen LogP contribution in [0.3, 0.4) is 0 Å². The molecule has 3 heterocycles. The molecular formula is C24H25F4N5O3. The normalized spacial score (nSPS) is 18.5. The number of carbonyl (C=O) groups is 1. The molecule has 36 heavy (non-hydrogen) atoms. The van der Waals surface area contributed by atoms with Gasteiger partial charge in [0.25, 0.3) is 11.5 Å². The van der Waals surface area contributed by atoms with E-state index in [1.165, 1.54) is 20.0 Å². The summed E-state index contributed by atoms with van der Waals surface area (Å²) in [5.41, 5.74) is -1.77. The van der Waals surface area contributed by atoms with E-state index in [1.54, 1.807) is 4.90 Å². The maximum Gasteiger partial charge on any atom is 0.416 e. The number of halogens is 4. The molecule has 4 rings (SSSR count). The molecule has 3 aromatic rings. The van der Waals surface area contributed by atoms with Gasteiger partial charge in [0.05, 0.1) is 34.2 Å². The molecule has 2 N–H and O–H groups in total. The molecule has 0 spiro atoms. The number of hydrogen-bond acceptors (Lipinski definition) is 6. The van der Waals surface area contributed by atoms with Gasteiger partial charge in [-0.15, -0.1) is 0 Å². The third-order valence-corrected chi connectivity index (χ3v) is 6.03. The van der Waals surface area contributed by atoms with Gasteiger partial charge in [0.1, 0.15) is 5.82 Å². The number of alkyl halides is 3. The van der Waals surface area contributed by atoms with E-state index in [1.807, 2.05) is 13.8 Å². The van der Waals surface area contributed by atoms with E-state index in [9.17, 15) is 27.2 Å². The third-order valence-electron chi connectivity index (χ3n) is 6.03. The zero-order chi connectivity index (χ0) is 26.4. The molecule has 1 amide bonds. The number of pyridine rings is 1. The predicted molar refractivity (Wildman–Crippen MR) is 124 cm³/mol. The molecule has 0 aliphatic carbocycles. The van der Waals surface area contributed by atoms with E-state index >= 15 is 0 Å². The number of aromatic amines is 1. The second-order valence-electron chi connectivity index (χ2n) is 8.95. The first-order valence-electron chi connectivity index (χ1n) is 11.3. The van der Waals surface area contributed by atoms with Crippen LogP contribution in [-0.4, -0.2) is 51.1 Å². The number of rotatable bonds is 4. The Kier molecular flexibility index (Phi) is 6.74. The molecule has 8 nitrogen and oxygen atoms in total. The minimum absolute atomic E-state index is 0.0187. The Morgan fingerprint density at radius 1 is 1.22 bits per heavy atom. The lowest BCUT2D eigenvalue weighted by atomic mass is 9.97. The third kappa shape index (κ3) is 5.03. The lowest BCUT2D eigenvalue weighted by molar-refractivity contribution is -0.138. The zero-order valence-electron chi connectivity index (χ0n) is 20.1. The highest BCUT2D eigenvalue weighted by atomic mass is 19.4. The zero-order valence-corrected chi connectivity index (χ0v) is 20.1. The van der Waals surface area contributed by atoms with Gasteiger partial charge in [-0.3, -0.25) is 9.59 Å². The maximum atomic E-state index is 14.8. The first-order valence-corrected chi connectivity index (χ1v) is 11.3. The van der Waals surface area contributed by atoms with E-state index in [0.29, 0.717) is 13.1 Å². The summed E-state index contributed by atoms with van der Waals surface area (Å²) in [6, 6.07) is 1.81. The monoisotopic (exact) mass is 507 g/mol. The number of hydrogen-bond donors (Lipinski definition) is 2. The molecule has 2 unspecified atom stereocenters. The standard InChI is InChI=1S/C24H25F4N5O3/c1-11-9-33(10-12(2)36-11)23(35)15-5-18(25)21(29-7-15)30-8-16-13(3)20-19(6-17(16)24(26,27)28)31-14(4)32-22(20)34/h5-7,11-12H,8-10H2,1-4H3,(H,29,30)(H,31,32,34). The Morgan fingerprint density at radius 2 is 1.89 bits per heavy atom. The number of H-pyrrole nitrogens is 1. The molecule has 1 fully saturated rings. The highest BCUT2D eigenvalue weighted by Gasteiger charge is 2.35. The number of ether oxygens (including phenoxy) is 1. The molecule has 0 bridgehead atoms. The Labute approximate surface area is 203 Å². The number of fused-ring (bicyclic) bond motifs is 1. The van der Waals surface area contributed by atoms with Gasteiger partial charge >= 0.3 is 6.18 Å². The van der Waals surface area contributed by atoms with Gasteiger partial charge in [-0.2, -0.15) is 13.2 Å². The van der Waals surface area contributed by atoms with Crippen LogP contribution in [0, 0.1) is 19.7 Å². The van der Waals surface area contributed by atoms with Gasteiger partial charge in [-0.1, -0.05) is 0 Å². The quantitative estimate of drug-likeness (QED) is 0.519. The number of amides is 1. The van der Waals surface area contributed by atoms with Crippen molar-refractivity contribution in [1.29, 1.82) is 0 Å². The fourth-order valence-electron chi connectivity index (χ4n) is 4.52. The van der Waals surface area contributed by atoms with Crippen LogP contribution in [0.4, 0.5) is 23.4 Å². The number of morpholine rings is 1. The summed E-state index contributed by atoms with van der Waals surface area (Å²) < 4.78 is 62.0. The Hall–Kier alpha value is -3.54. The largest absolute Gasteiger partial charge is 0.416 e. The summed E-state index contributed by atoms with van der Waals surface area (Å²) in [7, 11) is 0. The Balaban J connectivity index is 1.62. The average Bonchev–Trinajstić information content (AvgIpc) is 2.76. The second kappa shape index (κ2) is 9.49. The highest BCUT2D eigenvalue weighted by Crippen LogP contribution is 2.36. The Morgan fingerprint density at radius 3 is 2.50 bits per heavy atom. The van der Waals surface area contributed by atoms with Crippen molar-refractivity contribution in [3.05, 3.63) is 62.6 Å². The van der Waals surface area contributed by atoms with Gasteiger partial charge in [-0.05, 0) is 51.0 Å². The molecule has 0 saturated carbocycles. The molecule has 1 aliphatic rings. The number of benzene rings is 1. The van der Waals surface area contributed by atoms with E-state index in [4.69, 9.17) is 4.74 Å². The molecule has 1 aromatic carbocycles. The first-order chi connectivity index (χ1) is 16.8. The average molecular weight is 507 g/mol. The molecule has 2 atom stereocenters. The number of aryl methyl sites for hydroxylation is 2. The SMILES string of the molecule is Cc1nc2cc(C(F)(F)F)c(CNc3ncc(C(=O)N4CC(C)OC(C)C4)cc3F)c(C)c2c(=O)[nH]1. The van der Waals surface area contributed by atoms with Crippen molar-refractivity contribution in [2.45, 2.75) is 52.6 Å². The van der Waals surface area contributed by atoms with Crippen LogP contribution in [0.25, 0.3) is 10.9 Å². The fourth-order valence-corrected chi connectivity index (χ4v) is 4.52. The molecule has 0 radical (unpaired) electrons. The molecule has 2 aromatic heterocycles. The number of nitrogens with one attached hydrogen (secondary N) is 2. The topological polar surface area (TPSA) is 100 Å². The van der Waals surface area contributed by atoms with Crippen LogP contribution in [0.5, 0.6) is 0 Å². The molecule has 1 aliphatic heterocycles. The van der Waals surface area contributed by atoms with Gasteiger partial charge < -0.3 is 19.9 Å². The van der Waals surface area contributed by atoms with Gasteiger partial charge in [0.15, 0.2) is 11.6 Å². The van der Waals surface area contributed by atoms with Crippen LogP contribution in [0.1, 0.15) is 46.7 Å². The van der Waals surface area contributed by atoms with Crippen LogP contribution >= 0.6 is 0 Å². The summed E-state index contributed by atoms with van der Waals surface area (Å²) in [6.07, 6.45) is -3.90. The second-order valence-corrected chi connectivity index (χ2v) is 8.95. The smallest absolute Gasteiger partial charge is 0.372 e. The number of carbonyl (C=O) groups excluding carboxylic acids is 1. The lowest BCUT2D eigenvalue weighted by Gasteiger charge is -2.35. The van der Waals surface area contributed by atoms with Crippen LogP contribution in [-0.2, 0) is 17.5 Å². The first kappa shape index (κ1) is 25.5. The van der Waals surface area contributed by atoms with Crippen molar-refractivity contribution in [2.24, 2.45) is 0 Å². The predicted octanol–water partition coefficient (Wildman–Crippen LogP) is 3.95. The minimum Gasteiger partial charge on any atom is -0.372 e. The number of nitrogens with zero attached hydrogens (tertiary/aromatic N) is 3. The molecule has 192 valence electrons. The van der Waals surface area contributed by atoms with E-state index in [2.05, 4.69) is 20.3 Å². The van der Waals surface area contributed by atoms with E-state index < -0.39 is 35.6 Å². The summed E-state index contributed by atoms with van der Waals surface area (Å²) in [5, 5.41) is 2.60. The Bertz CT molecular complexity index is 1380. The van der Waals surface area contributed by atoms with Crippen LogP contribution < -0.4 is 10.9 Å². The number of anilines is 1. The highest BCUT2D eigenvalue weighted by molar-refractivity contribution is 5.94.